The molecule has 0 bridgehead atoms. The molecule has 0 amide bonds. The molecular formula is C8H17NO. The predicted molar refractivity (Wildman–Crippen MR) is 43.1 cm³/mol. The second kappa shape index (κ2) is 5.42. The Morgan fingerprint density at radius 1 is 1.40 bits per heavy atom. The quantitative estimate of drug-likeness (QED) is 0.578. The number of likely N-dealkylation sites (N-methyl/N-ethyl adjacent to an activating group) is 1. The van der Waals surface area contributed by atoms with E-state index < -0.39 is 0 Å². The maximum atomic E-state index is 10.6. The van der Waals surface area contributed by atoms with Crippen molar-refractivity contribution in [3.63, 3.8) is 0 Å². The van der Waals surface area contributed by atoms with E-state index in [9.17, 15) is 4.79 Å². The van der Waals surface area contributed by atoms with E-state index in [1.165, 1.54) is 0 Å². The molecule has 0 saturated heterocycles. The second-order valence-electron chi connectivity index (χ2n) is 2.57. The van der Waals surface area contributed by atoms with Crippen LogP contribution in [0.25, 0.3) is 0 Å². The molecule has 0 aromatic carbocycles. The average molecular weight is 143 g/mol. The van der Waals surface area contributed by atoms with Crippen LogP contribution in [0, 0.1) is 0 Å². The lowest BCUT2D eigenvalue weighted by atomic mass is 10.3. The number of rotatable bonds is 5. The molecule has 0 aromatic rings. The molecule has 0 aromatic heterocycles. The van der Waals surface area contributed by atoms with Crippen molar-refractivity contribution in [3.05, 3.63) is 0 Å². The van der Waals surface area contributed by atoms with Gasteiger partial charge in [-0.15, -0.1) is 0 Å². The highest BCUT2D eigenvalue weighted by Gasteiger charge is 2.01. The minimum absolute atomic E-state index is 0.260. The molecular weight excluding hydrogens is 126 g/mol. The first-order valence-corrected chi connectivity index (χ1v) is 3.92. The minimum Gasteiger partial charge on any atom is -0.299 e. The van der Waals surface area contributed by atoms with Crippen LogP contribution < -0.4 is 0 Å². The van der Waals surface area contributed by atoms with Crippen molar-refractivity contribution in [3.8, 4) is 0 Å². The Kier molecular flexibility index (Phi) is 5.22. The molecule has 0 N–H and O–H groups in total. The molecule has 0 unspecified atom stereocenters. The van der Waals surface area contributed by atoms with Crippen molar-refractivity contribution >= 4 is 5.78 Å². The lowest BCUT2D eigenvalue weighted by Gasteiger charge is -2.16. The minimum atomic E-state index is 0.260. The summed E-state index contributed by atoms with van der Waals surface area (Å²) in [4.78, 5) is 12.8. The van der Waals surface area contributed by atoms with Crippen LogP contribution in [0.1, 0.15) is 27.2 Å². The van der Waals surface area contributed by atoms with E-state index in [1.807, 2.05) is 0 Å². The Morgan fingerprint density at radius 3 is 2.30 bits per heavy atom. The first-order valence-electron chi connectivity index (χ1n) is 3.92. The van der Waals surface area contributed by atoms with Gasteiger partial charge in [-0.3, -0.25) is 9.69 Å². The lowest BCUT2D eigenvalue weighted by molar-refractivity contribution is -0.118. The molecule has 0 fully saturated rings. The van der Waals surface area contributed by atoms with E-state index in [0.717, 1.165) is 19.5 Å². The van der Waals surface area contributed by atoms with Crippen LogP contribution >= 0.6 is 0 Å². The third-order valence-electron chi connectivity index (χ3n) is 1.43. The van der Waals surface area contributed by atoms with Gasteiger partial charge in [0, 0.05) is 0 Å². The highest BCUT2D eigenvalue weighted by atomic mass is 16.1. The summed E-state index contributed by atoms with van der Waals surface area (Å²) in [6.07, 6.45) is 1.13. The van der Waals surface area contributed by atoms with E-state index in [-0.39, 0.29) is 5.78 Å². The number of nitrogens with zero attached hydrogens (tertiary/aromatic N) is 1. The number of carbonyl (C=O) groups is 1. The van der Waals surface area contributed by atoms with Crippen molar-refractivity contribution in [2.24, 2.45) is 0 Å². The van der Waals surface area contributed by atoms with Gasteiger partial charge in [0.15, 0.2) is 0 Å². The average Bonchev–Trinajstić information content (AvgIpc) is 1.86. The second-order valence-corrected chi connectivity index (χ2v) is 2.57. The normalized spacial score (nSPS) is 10.4. The molecule has 0 heterocycles. The Balaban J connectivity index is 3.49. The van der Waals surface area contributed by atoms with Crippen LogP contribution in [0.2, 0.25) is 0 Å². The number of hydrogen-bond acceptors (Lipinski definition) is 2. The van der Waals surface area contributed by atoms with E-state index >= 15 is 0 Å². The molecule has 0 spiro atoms. The van der Waals surface area contributed by atoms with Gasteiger partial charge in [-0.1, -0.05) is 13.8 Å². The van der Waals surface area contributed by atoms with Crippen LogP contribution in [0.4, 0.5) is 0 Å². The van der Waals surface area contributed by atoms with Crippen LogP contribution in [-0.4, -0.2) is 30.3 Å². The van der Waals surface area contributed by atoms with E-state index in [0.29, 0.717) is 6.54 Å². The molecule has 0 aliphatic carbocycles. The van der Waals surface area contributed by atoms with E-state index in [2.05, 4.69) is 18.7 Å². The Morgan fingerprint density at radius 2 is 2.00 bits per heavy atom. The molecule has 10 heavy (non-hydrogen) atoms. The SMILES string of the molecule is CCCN(CC)CC(C)=O. The highest BCUT2D eigenvalue weighted by molar-refractivity contribution is 5.77. The van der Waals surface area contributed by atoms with Gasteiger partial charge >= 0.3 is 0 Å². The van der Waals surface area contributed by atoms with Gasteiger partial charge in [0.05, 0.1) is 6.54 Å². The molecule has 2 nitrogen and oxygen atoms in total. The van der Waals surface area contributed by atoms with Gasteiger partial charge in [-0.25, -0.2) is 0 Å². The third-order valence-corrected chi connectivity index (χ3v) is 1.43. The zero-order valence-electron chi connectivity index (χ0n) is 7.18. The summed E-state index contributed by atoms with van der Waals surface area (Å²) in [7, 11) is 0. The van der Waals surface area contributed by atoms with E-state index in [4.69, 9.17) is 0 Å². The Bertz CT molecular complexity index is 101. The molecule has 2 heteroatoms. The van der Waals surface area contributed by atoms with Gasteiger partial charge < -0.3 is 0 Å². The van der Waals surface area contributed by atoms with Crippen LogP contribution in [0.3, 0.4) is 0 Å². The van der Waals surface area contributed by atoms with Gasteiger partial charge in [-0.2, -0.15) is 0 Å². The van der Waals surface area contributed by atoms with Crippen molar-refractivity contribution in [1.82, 2.24) is 4.90 Å². The van der Waals surface area contributed by atoms with Crippen molar-refractivity contribution < 1.29 is 4.79 Å². The topological polar surface area (TPSA) is 20.3 Å². The smallest absolute Gasteiger partial charge is 0.143 e. The molecule has 0 aliphatic rings. The molecule has 0 atom stereocenters. The lowest BCUT2D eigenvalue weighted by Crippen LogP contribution is -2.29. The molecule has 60 valence electrons. The zero-order chi connectivity index (χ0) is 7.98. The number of hydrogen-bond donors (Lipinski definition) is 0. The van der Waals surface area contributed by atoms with Crippen LogP contribution in [0.15, 0.2) is 0 Å². The van der Waals surface area contributed by atoms with Gasteiger partial charge in [0.2, 0.25) is 0 Å². The summed E-state index contributed by atoms with van der Waals surface area (Å²) >= 11 is 0. The number of ketones is 1. The Hall–Kier alpha value is -0.370. The maximum absolute atomic E-state index is 10.6. The van der Waals surface area contributed by atoms with Crippen molar-refractivity contribution in [2.75, 3.05) is 19.6 Å². The monoisotopic (exact) mass is 143 g/mol. The summed E-state index contributed by atoms with van der Waals surface area (Å²) < 4.78 is 0. The molecule has 0 rings (SSSR count). The van der Waals surface area contributed by atoms with Crippen molar-refractivity contribution in [2.45, 2.75) is 27.2 Å². The standard InChI is InChI=1S/C8H17NO/c1-4-6-9(5-2)7-8(3)10/h4-7H2,1-3H3. The number of carbonyl (C=O) groups excluding carboxylic acids is 1. The number of Topliss-reactive ketones (excluding diaryl/α,β-unsaturated/α-hetero) is 1. The molecule has 0 radical (unpaired) electrons. The van der Waals surface area contributed by atoms with Gasteiger partial charge in [-0.05, 0) is 26.4 Å². The summed E-state index contributed by atoms with van der Waals surface area (Å²) in [6.45, 7) is 8.48. The fraction of sp³-hybridized carbons (Fsp3) is 0.875. The zero-order valence-corrected chi connectivity index (χ0v) is 7.18. The maximum Gasteiger partial charge on any atom is 0.143 e. The predicted octanol–water partition coefficient (Wildman–Crippen LogP) is 1.31. The van der Waals surface area contributed by atoms with Crippen LogP contribution in [0.5, 0.6) is 0 Å². The molecule has 0 aliphatic heterocycles. The van der Waals surface area contributed by atoms with E-state index in [1.54, 1.807) is 6.92 Å². The summed E-state index contributed by atoms with van der Waals surface area (Å²) in [6, 6.07) is 0. The summed E-state index contributed by atoms with van der Waals surface area (Å²) in [5.74, 6) is 0.260. The first kappa shape index (κ1) is 9.63. The Labute approximate surface area is 63.2 Å². The molecule has 0 saturated carbocycles. The largest absolute Gasteiger partial charge is 0.299 e. The first-order chi connectivity index (χ1) is 4.70. The summed E-state index contributed by atoms with van der Waals surface area (Å²) in [5.41, 5.74) is 0. The third kappa shape index (κ3) is 4.50. The van der Waals surface area contributed by atoms with Gasteiger partial charge in [0.1, 0.15) is 5.78 Å². The van der Waals surface area contributed by atoms with Gasteiger partial charge in [0.25, 0.3) is 0 Å². The van der Waals surface area contributed by atoms with Crippen LogP contribution in [-0.2, 0) is 4.79 Å². The fourth-order valence-electron chi connectivity index (χ4n) is 0.980. The fourth-order valence-corrected chi connectivity index (χ4v) is 0.980. The summed E-state index contributed by atoms with van der Waals surface area (Å²) in [5, 5.41) is 0. The highest BCUT2D eigenvalue weighted by Crippen LogP contribution is 1.89. The van der Waals surface area contributed by atoms with Crippen molar-refractivity contribution in [1.29, 1.82) is 0 Å².